The number of nitrogens with zero attached hydrogens (tertiary/aromatic N) is 3. The Morgan fingerprint density at radius 1 is 1.13 bits per heavy atom. The Morgan fingerprint density at radius 3 is 2.40 bits per heavy atom. The van der Waals surface area contributed by atoms with Crippen LogP contribution in [0.2, 0.25) is 0 Å². The topological polar surface area (TPSA) is 88.3 Å². The fourth-order valence-electron chi connectivity index (χ4n) is 3.66. The monoisotopic (exact) mass is 412 g/mol. The quantitative estimate of drug-likeness (QED) is 0.751. The average Bonchev–Trinajstić information content (AvgIpc) is 3.21. The van der Waals surface area contributed by atoms with Gasteiger partial charge < -0.3 is 14.7 Å². The van der Waals surface area contributed by atoms with Gasteiger partial charge in [-0.05, 0) is 38.2 Å². The van der Waals surface area contributed by atoms with Gasteiger partial charge in [-0.1, -0.05) is 43.3 Å². The van der Waals surface area contributed by atoms with Crippen LogP contribution in [0.5, 0.6) is 0 Å². The molecule has 7 nitrogen and oxygen atoms in total. The molecule has 1 saturated heterocycles. The molecule has 1 fully saturated rings. The maximum atomic E-state index is 12.5. The summed E-state index contributed by atoms with van der Waals surface area (Å²) in [5, 5.41) is 7.01. The molecule has 162 valence electrons. The second kappa shape index (κ2) is 9.87. The largest absolute Gasteiger partial charge is 0.354 e. The summed E-state index contributed by atoms with van der Waals surface area (Å²) < 4.78 is 5.34. The van der Waals surface area contributed by atoms with Crippen LogP contribution in [0.4, 0.5) is 0 Å². The maximum Gasteiger partial charge on any atom is 0.227 e. The van der Waals surface area contributed by atoms with E-state index in [0.717, 1.165) is 5.56 Å². The second-order valence-corrected chi connectivity index (χ2v) is 8.61. The van der Waals surface area contributed by atoms with Crippen molar-refractivity contribution in [2.24, 2.45) is 5.92 Å². The summed E-state index contributed by atoms with van der Waals surface area (Å²) in [6.45, 7) is 9.46. The molecule has 2 amide bonds. The van der Waals surface area contributed by atoms with E-state index in [1.807, 2.05) is 30.9 Å². The summed E-state index contributed by atoms with van der Waals surface area (Å²) in [7, 11) is 0. The molecule has 0 bridgehead atoms. The molecule has 1 N–H and O–H groups in total. The number of benzene rings is 1. The van der Waals surface area contributed by atoms with Gasteiger partial charge in [0, 0.05) is 43.5 Å². The van der Waals surface area contributed by atoms with E-state index in [0.29, 0.717) is 56.4 Å². The summed E-state index contributed by atoms with van der Waals surface area (Å²) in [6, 6.07) is 8.28. The van der Waals surface area contributed by atoms with Crippen molar-refractivity contribution in [3.05, 3.63) is 35.7 Å². The van der Waals surface area contributed by atoms with Crippen molar-refractivity contribution in [3.8, 4) is 11.4 Å². The zero-order valence-corrected chi connectivity index (χ0v) is 18.4. The number of aromatic nitrogens is 2. The Balaban J connectivity index is 1.47. The molecule has 30 heavy (non-hydrogen) atoms. The minimum Gasteiger partial charge on any atom is -0.354 e. The third-order valence-electron chi connectivity index (χ3n) is 5.51. The number of carbonyl (C=O) groups is 2. The molecule has 7 heteroatoms. The van der Waals surface area contributed by atoms with Gasteiger partial charge in [-0.3, -0.25) is 9.59 Å². The number of likely N-dealkylation sites (tertiary alicyclic amines) is 1. The van der Waals surface area contributed by atoms with Crippen LogP contribution in [0.25, 0.3) is 11.4 Å². The van der Waals surface area contributed by atoms with Gasteiger partial charge in [0.1, 0.15) is 0 Å². The van der Waals surface area contributed by atoms with E-state index in [2.05, 4.69) is 41.4 Å². The summed E-state index contributed by atoms with van der Waals surface area (Å²) >= 11 is 0. The normalized spacial score (nSPS) is 15.1. The zero-order chi connectivity index (χ0) is 21.7. The van der Waals surface area contributed by atoms with Gasteiger partial charge in [0.15, 0.2) is 0 Å². The lowest BCUT2D eigenvalue weighted by Crippen LogP contribution is -2.44. The number of rotatable bonds is 7. The third kappa shape index (κ3) is 5.68. The second-order valence-electron chi connectivity index (χ2n) is 8.61. The molecule has 1 aromatic heterocycles. The first-order chi connectivity index (χ1) is 14.3. The molecule has 3 rings (SSSR count). The van der Waals surface area contributed by atoms with Gasteiger partial charge in [0.25, 0.3) is 0 Å². The molecule has 2 heterocycles. The lowest BCUT2D eigenvalue weighted by Gasteiger charge is -2.31. The van der Waals surface area contributed by atoms with Gasteiger partial charge in [0.05, 0.1) is 0 Å². The van der Waals surface area contributed by atoms with E-state index in [1.165, 1.54) is 5.56 Å². The molecular weight excluding hydrogens is 380 g/mol. The first-order valence-corrected chi connectivity index (χ1v) is 10.8. The van der Waals surface area contributed by atoms with Crippen LogP contribution in [-0.2, 0) is 16.0 Å². The SMILES string of the molecule is CC(C)NC(=O)C1CCN(C(=O)CCc2nc(-c3ccc(C(C)C)cc3)no2)CC1. The average molecular weight is 413 g/mol. The fourth-order valence-corrected chi connectivity index (χ4v) is 3.66. The number of nitrogens with one attached hydrogen (secondary N) is 1. The third-order valence-corrected chi connectivity index (χ3v) is 5.51. The predicted octanol–water partition coefficient (Wildman–Crippen LogP) is 3.56. The Kier molecular flexibility index (Phi) is 7.24. The molecule has 1 aromatic carbocycles. The van der Waals surface area contributed by atoms with E-state index >= 15 is 0 Å². The summed E-state index contributed by atoms with van der Waals surface area (Å²) in [5.74, 6) is 1.65. The van der Waals surface area contributed by atoms with E-state index in [9.17, 15) is 9.59 Å². The minimum atomic E-state index is -0.00275. The maximum absolute atomic E-state index is 12.5. The van der Waals surface area contributed by atoms with Crippen LogP contribution >= 0.6 is 0 Å². The molecular formula is C23H32N4O3. The molecule has 0 aliphatic carbocycles. The zero-order valence-electron chi connectivity index (χ0n) is 18.4. The number of piperidine rings is 1. The molecule has 0 radical (unpaired) electrons. The van der Waals surface area contributed by atoms with Crippen molar-refractivity contribution < 1.29 is 14.1 Å². The number of amides is 2. The van der Waals surface area contributed by atoms with Crippen LogP contribution in [0, 0.1) is 5.92 Å². The van der Waals surface area contributed by atoms with E-state index in [-0.39, 0.29) is 23.8 Å². The predicted molar refractivity (Wildman–Crippen MR) is 115 cm³/mol. The molecule has 1 aliphatic rings. The minimum absolute atomic E-state index is 0.00275. The van der Waals surface area contributed by atoms with Crippen LogP contribution < -0.4 is 5.32 Å². The van der Waals surface area contributed by atoms with E-state index in [4.69, 9.17) is 4.52 Å². The molecule has 0 spiro atoms. The van der Waals surface area contributed by atoms with Gasteiger partial charge in [-0.2, -0.15) is 4.98 Å². The van der Waals surface area contributed by atoms with Crippen LogP contribution in [0.1, 0.15) is 64.3 Å². The van der Waals surface area contributed by atoms with Crippen molar-refractivity contribution in [1.29, 1.82) is 0 Å². The molecule has 1 aliphatic heterocycles. The van der Waals surface area contributed by atoms with Crippen molar-refractivity contribution in [2.75, 3.05) is 13.1 Å². The molecule has 0 saturated carbocycles. The first-order valence-electron chi connectivity index (χ1n) is 10.8. The number of hydrogen-bond donors (Lipinski definition) is 1. The van der Waals surface area contributed by atoms with Gasteiger partial charge in [-0.15, -0.1) is 0 Å². The van der Waals surface area contributed by atoms with Gasteiger partial charge >= 0.3 is 0 Å². The Bertz CT molecular complexity index is 850. The van der Waals surface area contributed by atoms with Gasteiger partial charge in [-0.25, -0.2) is 0 Å². The standard InChI is InChI=1S/C23H32N4O3/c1-15(2)17-5-7-18(8-6-17)22-25-20(30-26-22)9-10-21(28)27-13-11-19(12-14-27)23(29)24-16(3)4/h5-8,15-16,19H,9-14H2,1-4H3,(H,24,29). The van der Waals surface area contributed by atoms with Crippen LogP contribution in [0.3, 0.4) is 0 Å². The number of hydrogen-bond acceptors (Lipinski definition) is 5. The lowest BCUT2D eigenvalue weighted by atomic mass is 9.95. The van der Waals surface area contributed by atoms with Crippen molar-refractivity contribution in [3.63, 3.8) is 0 Å². The highest BCUT2D eigenvalue weighted by atomic mass is 16.5. The summed E-state index contributed by atoms with van der Waals surface area (Å²) in [6.07, 6.45) is 2.17. The number of aryl methyl sites for hydroxylation is 1. The van der Waals surface area contributed by atoms with Crippen LogP contribution in [0.15, 0.2) is 28.8 Å². The van der Waals surface area contributed by atoms with Crippen molar-refractivity contribution in [1.82, 2.24) is 20.4 Å². The molecule has 0 unspecified atom stereocenters. The fraction of sp³-hybridized carbons (Fsp3) is 0.565. The number of carbonyl (C=O) groups excluding carboxylic acids is 2. The smallest absolute Gasteiger partial charge is 0.227 e. The van der Waals surface area contributed by atoms with Crippen molar-refractivity contribution in [2.45, 2.75) is 65.3 Å². The Labute approximate surface area is 178 Å². The summed E-state index contributed by atoms with van der Waals surface area (Å²) in [4.78, 5) is 30.9. The lowest BCUT2D eigenvalue weighted by molar-refractivity contribution is -0.135. The van der Waals surface area contributed by atoms with Gasteiger partial charge in [0.2, 0.25) is 23.5 Å². The molecule has 2 aromatic rings. The molecule has 0 atom stereocenters. The highest BCUT2D eigenvalue weighted by Gasteiger charge is 2.27. The van der Waals surface area contributed by atoms with E-state index < -0.39 is 0 Å². The highest BCUT2D eigenvalue weighted by molar-refractivity contribution is 5.80. The summed E-state index contributed by atoms with van der Waals surface area (Å²) in [5.41, 5.74) is 2.17. The van der Waals surface area contributed by atoms with E-state index in [1.54, 1.807) is 0 Å². The van der Waals surface area contributed by atoms with Crippen molar-refractivity contribution >= 4 is 11.8 Å². The van der Waals surface area contributed by atoms with Crippen LogP contribution in [-0.4, -0.2) is 46.0 Å². The Morgan fingerprint density at radius 2 is 1.80 bits per heavy atom. The highest BCUT2D eigenvalue weighted by Crippen LogP contribution is 2.22. The Hall–Kier alpha value is -2.70. The first kappa shape index (κ1) is 22.0.